The van der Waals surface area contributed by atoms with E-state index in [9.17, 15) is 9.46 Å². The summed E-state index contributed by atoms with van der Waals surface area (Å²) in [4.78, 5) is 9.38. The quantitative estimate of drug-likeness (QED) is 0.694. The van der Waals surface area contributed by atoms with Gasteiger partial charge in [-0.3, -0.25) is 4.57 Å². The van der Waals surface area contributed by atoms with Crippen molar-refractivity contribution >= 4 is 7.60 Å². The molecule has 80 valence electrons. The molecule has 0 heterocycles. The Hall–Kier alpha value is 0.110. The minimum atomic E-state index is -3.66. The van der Waals surface area contributed by atoms with Crippen molar-refractivity contribution in [3.63, 3.8) is 0 Å². The summed E-state index contributed by atoms with van der Waals surface area (Å²) in [5, 5.41) is 0. The molecule has 0 amide bonds. The van der Waals surface area contributed by atoms with Crippen molar-refractivity contribution in [2.24, 2.45) is 11.7 Å². The van der Waals surface area contributed by atoms with Crippen molar-refractivity contribution in [3.05, 3.63) is 0 Å². The zero-order chi connectivity index (χ0) is 10.9. The van der Waals surface area contributed by atoms with Gasteiger partial charge < -0.3 is 15.2 Å². The summed E-state index contributed by atoms with van der Waals surface area (Å²) in [5.74, 6) is -0.683. The van der Waals surface area contributed by atoms with Crippen LogP contribution in [0, 0.1) is 5.92 Å². The van der Waals surface area contributed by atoms with Crippen LogP contribution < -0.4 is 5.73 Å². The SMILES string of the molecule is CC(C)C(C)(C)OP(=O)(O)C(C)N. The Morgan fingerprint density at radius 2 is 1.77 bits per heavy atom. The summed E-state index contributed by atoms with van der Waals surface area (Å²) >= 11 is 0. The molecule has 0 aromatic rings. The molecule has 0 saturated carbocycles. The largest absolute Gasteiger partial charge is 0.344 e. The van der Waals surface area contributed by atoms with Crippen molar-refractivity contribution in [2.75, 3.05) is 0 Å². The van der Waals surface area contributed by atoms with Gasteiger partial charge in [0, 0.05) is 0 Å². The lowest BCUT2D eigenvalue weighted by Gasteiger charge is -2.32. The molecule has 0 radical (unpaired) electrons. The standard InChI is InChI=1S/C8H20NO3P/c1-6(2)8(4,5)12-13(10,11)7(3)9/h6-7H,9H2,1-5H3,(H,10,11). The van der Waals surface area contributed by atoms with Crippen LogP contribution in [0.3, 0.4) is 0 Å². The first kappa shape index (κ1) is 13.1. The van der Waals surface area contributed by atoms with Gasteiger partial charge in [-0.15, -0.1) is 0 Å². The zero-order valence-electron chi connectivity index (χ0n) is 8.94. The van der Waals surface area contributed by atoms with Crippen LogP contribution in [0.5, 0.6) is 0 Å². The highest BCUT2D eigenvalue weighted by molar-refractivity contribution is 7.53. The fourth-order valence-corrected chi connectivity index (χ4v) is 1.58. The maximum absolute atomic E-state index is 11.4. The molecule has 3 N–H and O–H groups in total. The summed E-state index contributed by atoms with van der Waals surface area (Å²) in [5.41, 5.74) is 4.71. The third-order valence-electron chi connectivity index (χ3n) is 2.27. The Labute approximate surface area is 80.0 Å². The summed E-state index contributed by atoms with van der Waals surface area (Å²) < 4.78 is 16.6. The Bertz CT molecular complexity index is 213. The van der Waals surface area contributed by atoms with Crippen LogP contribution in [-0.4, -0.2) is 16.3 Å². The fourth-order valence-electron chi connectivity index (χ4n) is 0.526. The van der Waals surface area contributed by atoms with Gasteiger partial charge in [0.2, 0.25) is 0 Å². The van der Waals surface area contributed by atoms with E-state index in [0.717, 1.165) is 0 Å². The normalized spacial score (nSPS) is 20.0. The number of hydrogen-bond acceptors (Lipinski definition) is 3. The first-order chi connectivity index (χ1) is 5.59. The molecule has 0 spiro atoms. The molecule has 2 atom stereocenters. The predicted molar refractivity (Wildman–Crippen MR) is 53.5 cm³/mol. The van der Waals surface area contributed by atoms with Crippen LogP contribution >= 0.6 is 7.60 Å². The van der Waals surface area contributed by atoms with Gasteiger partial charge >= 0.3 is 7.60 Å². The molecule has 0 aromatic carbocycles. The Kier molecular flexibility index (Phi) is 4.13. The van der Waals surface area contributed by atoms with E-state index in [0.29, 0.717) is 0 Å². The third-order valence-corrected chi connectivity index (χ3v) is 4.03. The van der Waals surface area contributed by atoms with E-state index in [1.165, 1.54) is 6.92 Å². The topological polar surface area (TPSA) is 72.5 Å². The van der Waals surface area contributed by atoms with E-state index in [2.05, 4.69) is 0 Å². The molecule has 13 heavy (non-hydrogen) atoms. The molecule has 0 aliphatic rings. The van der Waals surface area contributed by atoms with Crippen molar-refractivity contribution in [3.8, 4) is 0 Å². The lowest BCUT2D eigenvalue weighted by atomic mass is 9.95. The third kappa shape index (κ3) is 3.77. The van der Waals surface area contributed by atoms with Gasteiger partial charge in [-0.05, 0) is 26.7 Å². The minimum absolute atomic E-state index is 0.159. The smallest absolute Gasteiger partial charge is 0.323 e. The van der Waals surface area contributed by atoms with Crippen LogP contribution in [0.15, 0.2) is 0 Å². The predicted octanol–water partition coefficient (Wildman–Crippen LogP) is 1.93. The Morgan fingerprint density at radius 3 is 2.00 bits per heavy atom. The lowest BCUT2D eigenvalue weighted by Crippen LogP contribution is -2.32. The van der Waals surface area contributed by atoms with E-state index in [4.69, 9.17) is 10.3 Å². The van der Waals surface area contributed by atoms with Crippen LogP contribution in [0.4, 0.5) is 0 Å². The first-order valence-corrected chi connectivity index (χ1v) is 6.03. The maximum Gasteiger partial charge on any atom is 0.344 e. The maximum atomic E-state index is 11.4. The van der Waals surface area contributed by atoms with E-state index < -0.39 is 19.0 Å². The number of nitrogens with two attached hydrogens (primary N) is 1. The van der Waals surface area contributed by atoms with E-state index in [1.54, 1.807) is 13.8 Å². The second-order valence-electron chi connectivity index (χ2n) is 4.15. The van der Waals surface area contributed by atoms with Crippen molar-refractivity contribution < 1.29 is 14.0 Å². The van der Waals surface area contributed by atoms with Gasteiger partial charge in [-0.1, -0.05) is 13.8 Å². The Morgan fingerprint density at radius 1 is 1.38 bits per heavy atom. The molecule has 0 rings (SSSR count). The van der Waals surface area contributed by atoms with Gasteiger partial charge in [0.25, 0.3) is 0 Å². The summed E-state index contributed by atoms with van der Waals surface area (Å²) in [6.07, 6.45) is 0. The van der Waals surface area contributed by atoms with Gasteiger partial charge in [0.05, 0.1) is 5.60 Å². The summed E-state index contributed by atoms with van der Waals surface area (Å²) in [6.45, 7) is 8.89. The molecule has 0 fully saturated rings. The van der Waals surface area contributed by atoms with E-state index in [1.807, 2.05) is 13.8 Å². The highest BCUT2D eigenvalue weighted by Crippen LogP contribution is 2.50. The molecule has 0 saturated heterocycles. The van der Waals surface area contributed by atoms with Crippen molar-refractivity contribution in [1.29, 1.82) is 0 Å². The van der Waals surface area contributed by atoms with Crippen LogP contribution in [0.25, 0.3) is 0 Å². The molecule has 2 unspecified atom stereocenters. The van der Waals surface area contributed by atoms with Gasteiger partial charge in [0.1, 0.15) is 5.78 Å². The fraction of sp³-hybridized carbons (Fsp3) is 1.00. The monoisotopic (exact) mass is 209 g/mol. The molecule has 0 aliphatic carbocycles. The molecule has 0 bridgehead atoms. The molecular formula is C8H20NO3P. The van der Waals surface area contributed by atoms with Crippen LogP contribution in [0.1, 0.15) is 34.6 Å². The van der Waals surface area contributed by atoms with E-state index in [-0.39, 0.29) is 5.92 Å². The van der Waals surface area contributed by atoms with Crippen molar-refractivity contribution in [2.45, 2.75) is 46.0 Å². The van der Waals surface area contributed by atoms with Crippen LogP contribution in [0.2, 0.25) is 0 Å². The second-order valence-corrected chi connectivity index (χ2v) is 6.28. The average molecular weight is 209 g/mol. The molecule has 5 heteroatoms. The van der Waals surface area contributed by atoms with Crippen LogP contribution in [-0.2, 0) is 9.09 Å². The number of rotatable bonds is 4. The van der Waals surface area contributed by atoms with E-state index >= 15 is 0 Å². The average Bonchev–Trinajstić information content (AvgIpc) is 1.83. The summed E-state index contributed by atoms with van der Waals surface area (Å²) in [7, 11) is -3.66. The zero-order valence-corrected chi connectivity index (χ0v) is 9.84. The highest BCUT2D eigenvalue weighted by Gasteiger charge is 2.35. The summed E-state index contributed by atoms with van der Waals surface area (Å²) in [6, 6.07) is 0. The minimum Gasteiger partial charge on any atom is -0.323 e. The highest BCUT2D eigenvalue weighted by atomic mass is 31.2. The second kappa shape index (κ2) is 4.09. The lowest BCUT2D eigenvalue weighted by molar-refractivity contribution is 0.0455. The first-order valence-electron chi connectivity index (χ1n) is 4.38. The number of hydrogen-bond donors (Lipinski definition) is 2. The van der Waals surface area contributed by atoms with Gasteiger partial charge in [0.15, 0.2) is 0 Å². The molecule has 0 aliphatic heterocycles. The molecular weight excluding hydrogens is 189 g/mol. The van der Waals surface area contributed by atoms with Crippen molar-refractivity contribution in [1.82, 2.24) is 0 Å². The molecule has 4 nitrogen and oxygen atoms in total. The molecule has 0 aromatic heterocycles. The Balaban J connectivity index is 4.53. The van der Waals surface area contributed by atoms with Gasteiger partial charge in [-0.2, -0.15) is 0 Å². The van der Waals surface area contributed by atoms with Gasteiger partial charge in [-0.25, -0.2) is 0 Å².